The van der Waals surface area contributed by atoms with Gasteiger partial charge in [-0.3, -0.25) is 9.36 Å². The van der Waals surface area contributed by atoms with E-state index in [4.69, 9.17) is 14.5 Å². The van der Waals surface area contributed by atoms with Crippen LogP contribution >= 0.6 is 0 Å². The number of imidazole rings is 1. The molecule has 0 radical (unpaired) electrons. The van der Waals surface area contributed by atoms with E-state index >= 15 is 0 Å². The third-order valence-electron chi connectivity index (χ3n) is 7.01. The number of anilines is 2. The normalized spacial score (nSPS) is 15.9. The van der Waals surface area contributed by atoms with Crippen LogP contribution in [0.15, 0.2) is 48.7 Å². The molecule has 0 atom stereocenters. The van der Waals surface area contributed by atoms with Gasteiger partial charge in [0.05, 0.1) is 36.9 Å². The first kappa shape index (κ1) is 25.9. The highest BCUT2D eigenvalue weighted by Gasteiger charge is 2.31. The number of morpholine rings is 1. The molecule has 0 spiro atoms. The molecule has 3 aromatic heterocycles. The zero-order valence-electron chi connectivity index (χ0n) is 21.8. The number of carbonyl (C=O) groups excluding carboxylic acids is 1. The van der Waals surface area contributed by atoms with E-state index in [0.717, 1.165) is 0 Å². The minimum Gasteiger partial charge on any atom is -0.481 e. The highest BCUT2D eigenvalue weighted by atomic mass is 19.3. The summed E-state index contributed by atoms with van der Waals surface area (Å²) in [5.41, 5.74) is 1.51. The fraction of sp³-hybridized carbons (Fsp3) is 0.370. The predicted molar refractivity (Wildman–Crippen MR) is 143 cm³/mol. The number of carbonyl (C=O) groups is 1. The Bertz CT molecular complexity index is 1500. The molecule has 1 N–H and O–H groups in total. The standard InChI is InChI=1S/C27H28F2N8O3/c1-39-23-7-6-18(14-31-23)26(38)36-15-17(16-36)13-30-21-12-22(34-27(33-21)35-8-10-40-11-9-35)37-20-5-3-2-4-19(20)32-25(37)24(28)29/h2-7,12,14,17,24H,8-11,13,15-16H2,1H3,(H,30,33,34). The monoisotopic (exact) mass is 550 g/mol. The molecule has 40 heavy (non-hydrogen) atoms. The second-order valence-corrected chi connectivity index (χ2v) is 9.65. The zero-order valence-corrected chi connectivity index (χ0v) is 21.8. The lowest BCUT2D eigenvalue weighted by molar-refractivity contribution is 0.0521. The van der Waals surface area contributed by atoms with Crippen LogP contribution in [-0.2, 0) is 4.74 Å². The highest BCUT2D eigenvalue weighted by Crippen LogP contribution is 2.29. The van der Waals surface area contributed by atoms with Crippen molar-refractivity contribution in [3.63, 3.8) is 0 Å². The summed E-state index contributed by atoms with van der Waals surface area (Å²) < 4.78 is 40.0. The fourth-order valence-electron chi connectivity index (χ4n) is 4.89. The summed E-state index contributed by atoms with van der Waals surface area (Å²) in [6, 6.07) is 12.0. The van der Waals surface area contributed by atoms with Gasteiger partial charge in [0.2, 0.25) is 11.8 Å². The first-order valence-electron chi connectivity index (χ1n) is 13.0. The number of fused-ring (bicyclic) bond motifs is 1. The number of hydrogen-bond acceptors (Lipinski definition) is 9. The van der Waals surface area contributed by atoms with Crippen LogP contribution in [0.5, 0.6) is 5.88 Å². The second kappa shape index (κ2) is 11.0. The smallest absolute Gasteiger partial charge is 0.296 e. The summed E-state index contributed by atoms with van der Waals surface area (Å²) in [7, 11) is 1.52. The minimum absolute atomic E-state index is 0.0863. The molecule has 13 heteroatoms. The van der Waals surface area contributed by atoms with Gasteiger partial charge in [-0.15, -0.1) is 0 Å². The number of amides is 1. The lowest BCUT2D eigenvalue weighted by Gasteiger charge is -2.39. The Kier molecular flexibility index (Phi) is 7.11. The van der Waals surface area contributed by atoms with Gasteiger partial charge in [-0.2, -0.15) is 9.97 Å². The summed E-state index contributed by atoms with van der Waals surface area (Å²) in [5.74, 6) is 1.43. The van der Waals surface area contributed by atoms with Crippen molar-refractivity contribution in [2.45, 2.75) is 6.43 Å². The summed E-state index contributed by atoms with van der Waals surface area (Å²) in [6.07, 6.45) is -1.28. The number of halogens is 2. The van der Waals surface area contributed by atoms with E-state index in [9.17, 15) is 13.6 Å². The average Bonchev–Trinajstić information content (AvgIpc) is 3.37. The van der Waals surface area contributed by atoms with Crippen LogP contribution in [0.4, 0.5) is 20.5 Å². The molecular formula is C27H28F2N8O3. The van der Waals surface area contributed by atoms with Gasteiger partial charge in [-0.25, -0.2) is 18.7 Å². The number of hydrogen-bond donors (Lipinski definition) is 1. The van der Waals surface area contributed by atoms with E-state index in [1.54, 1.807) is 47.4 Å². The maximum atomic E-state index is 14.1. The van der Waals surface area contributed by atoms with Crippen molar-refractivity contribution in [2.24, 2.45) is 5.92 Å². The Morgan fingerprint density at radius 3 is 2.65 bits per heavy atom. The molecule has 1 aromatic carbocycles. The fourth-order valence-corrected chi connectivity index (χ4v) is 4.89. The molecule has 0 saturated carbocycles. The first-order valence-corrected chi connectivity index (χ1v) is 13.0. The molecule has 4 aromatic rings. The van der Waals surface area contributed by atoms with Crippen molar-refractivity contribution < 1.29 is 23.0 Å². The molecule has 2 aliphatic rings. The van der Waals surface area contributed by atoms with Crippen LogP contribution in [0.3, 0.4) is 0 Å². The van der Waals surface area contributed by atoms with Crippen molar-refractivity contribution in [3.05, 3.63) is 60.0 Å². The van der Waals surface area contributed by atoms with Crippen LogP contribution in [-0.4, -0.2) is 88.4 Å². The lowest BCUT2D eigenvalue weighted by Crippen LogP contribution is -2.52. The highest BCUT2D eigenvalue weighted by molar-refractivity contribution is 5.94. The molecule has 208 valence electrons. The molecular weight excluding hydrogens is 522 g/mol. The Balaban J connectivity index is 1.22. The lowest BCUT2D eigenvalue weighted by atomic mass is 9.99. The number of aromatic nitrogens is 5. The number of pyridine rings is 1. The van der Waals surface area contributed by atoms with Crippen LogP contribution in [0.1, 0.15) is 22.6 Å². The van der Waals surface area contributed by atoms with Crippen molar-refractivity contribution in [3.8, 4) is 11.7 Å². The van der Waals surface area contributed by atoms with Crippen LogP contribution in [0, 0.1) is 5.92 Å². The number of benzene rings is 1. The summed E-state index contributed by atoms with van der Waals surface area (Å²) in [6.45, 7) is 3.95. The van der Waals surface area contributed by atoms with Crippen LogP contribution in [0.2, 0.25) is 0 Å². The van der Waals surface area contributed by atoms with Gasteiger partial charge >= 0.3 is 0 Å². The third-order valence-corrected chi connectivity index (χ3v) is 7.01. The summed E-state index contributed by atoms with van der Waals surface area (Å²) in [5, 5.41) is 3.34. The van der Waals surface area contributed by atoms with Gasteiger partial charge in [-0.1, -0.05) is 12.1 Å². The van der Waals surface area contributed by atoms with Crippen molar-refractivity contribution in [1.82, 2.24) is 29.4 Å². The van der Waals surface area contributed by atoms with E-state index in [0.29, 0.717) is 86.0 Å². The van der Waals surface area contributed by atoms with Crippen LogP contribution in [0.25, 0.3) is 16.9 Å². The number of ether oxygens (including phenoxy) is 2. The van der Waals surface area contributed by atoms with Crippen molar-refractivity contribution in [2.75, 3.05) is 63.3 Å². The molecule has 2 fully saturated rings. The quantitative estimate of drug-likeness (QED) is 0.354. The van der Waals surface area contributed by atoms with Gasteiger partial charge in [-0.05, 0) is 18.2 Å². The first-order chi connectivity index (χ1) is 19.5. The molecule has 11 nitrogen and oxygen atoms in total. The average molecular weight is 551 g/mol. The maximum absolute atomic E-state index is 14.1. The Hall–Kier alpha value is -4.39. The van der Waals surface area contributed by atoms with Crippen molar-refractivity contribution in [1.29, 1.82) is 0 Å². The van der Waals surface area contributed by atoms with Gasteiger partial charge in [0, 0.05) is 57.0 Å². The number of methoxy groups -OCH3 is 1. The molecule has 1 amide bonds. The largest absolute Gasteiger partial charge is 0.481 e. The van der Waals surface area contributed by atoms with Gasteiger partial charge in [0.15, 0.2) is 5.82 Å². The van der Waals surface area contributed by atoms with Gasteiger partial charge in [0.25, 0.3) is 12.3 Å². The molecule has 6 rings (SSSR count). The number of alkyl halides is 2. The predicted octanol–water partition coefficient (Wildman–Crippen LogP) is 3.18. The Morgan fingerprint density at radius 2 is 1.93 bits per heavy atom. The third kappa shape index (κ3) is 5.11. The number of nitrogens with zero attached hydrogens (tertiary/aromatic N) is 7. The maximum Gasteiger partial charge on any atom is 0.296 e. The Labute approximate surface area is 228 Å². The summed E-state index contributed by atoms with van der Waals surface area (Å²) in [4.78, 5) is 34.1. The van der Waals surface area contributed by atoms with E-state index in [2.05, 4.69) is 20.3 Å². The molecule has 2 aliphatic heterocycles. The molecule has 0 bridgehead atoms. The van der Waals surface area contributed by atoms with Crippen molar-refractivity contribution >= 4 is 28.7 Å². The number of para-hydroxylation sites is 2. The topological polar surface area (TPSA) is 111 Å². The van der Waals surface area contributed by atoms with Gasteiger partial charge < -0.3 is 24.6 Å². The number of likely N-dealkylation sites (tertiary alicyclic amines) is 1. The molecule has 2 saturated heterocycles. The second-order valence-electron chi connectivity index (χ2n) is 9.65. The van der Waals surface area contributed by atoms with Crippen LogP contribution < -0.4 is 15.0 Å². The summed E-state index contributed by atoms with van der Waals surface area (Å²) >= 11 is 0. The SMILES string of the molecule is COc1ccc(C(=O)N2CC(CNc3cc(-n4c(C(F)F)nc5ccccc54)nc(N4CCOCC4)n3)C2)cn1. The Morgan fingerprint density at radius 1 is 1.12 bits per heavy atom. The molecule has 0 aliphatic carbocycles. The van der Waals surface area contributed by atoms with Gasteiger partial charge in [0.1, 0.15) is 11.6 Å². The zero-order chi connectivity index (χ0) is 27.6. The number of nitrogens with one attached hydrogen (secondary N) is 1. The molecule has 0 unspecified atom stereocenters. The van der Waals surface area contributed by atoms with E-state index in [1.807, 2.05) is 4.90 Å². The van der Waals surface area contributed by atoms with E-state index in [1.165, 1.54) is 17.9 Å². The van der Waals surface area contributed by atoms with E-state index < -0.39 is 6.43 Å². The van der Waals surface area contributed by atoms with E-state index in [-0.39, 0.29) is 17.6 Å². The molecule has 5 heterocycles. The number of rotatable bonds is 8. The minimum atomic E-state index is -2.79.